The molecule has 0 aliphatic carbocycles. The Morgan fingerprint density at radius 3 is 2.94 bits per heavy atom. The van der Waals surface area contributed by atoms with Crippen molar-refractivity contribution < 1.29 is 18.0 Å². The Bertz CT molecular complexity index is 1560. The van der Waals surface area contributed by atoms with Crippen LogP contribution >= 0.6 is 0 Å². The van der Waals surface area contributed by atoms with E-state index >= 15 is 0 Å². The average molecular weight is 478 g/mol. The molecule has 1 amide bonds. The molecule has 6 heterocycles. The second kappa shape index (κ2) is 7.86. The molecule has 0 bridgehead atoms. The number of rotatable bonds is 4. The van der Waals surface area contributed by atoms with Gasteiger partial charge in [0, 0.05) is 38.1 Å². The number of aryl methyl sites for hydroxylation is 2. The number of pyridine rings is 1. The molecule has 35 heavy (non-hydrogen) atoms. The number of aromatic amines is 1. The Balaban J connectivity index is 1.46. The quantitative estimate of drug-likeness (QED) is 0.424. The van der Waals surface area contributed by atoms with Gasteiger partial charge in [0.25, 0.3) is 12.3 Å². The Hall–Kier alpha value is -4.35. The predicted molar refractivity (Wildman–Crippen MR) is 119 cm³/mol. The molecule has 0 saturated heterocycles. The van der Waals surface area contributed by atoms with Crippen LogP contribution in [-0.4, -0.2) is 51.7 Å². The zero-order chi connectivity index (χ0) is 24.3. The van der Waals surface area contributed by atoms with Gasteiger partial charge in [0.2, 0.25) is 11.7 Å². The van der Waals surface area contributed by atoms with Crippen molar-refractivity contribution in [1.29, 1.82) is 0 Å². The highest BCUT2D eigenvalue weighted by Gasteiger charge is 2.40. The number of amides is 1. The first-order valence-corrected chi connectivity index (χ1v) is 11.0. The third kappa shape index (κ3) is 3.40. The van der Waals surface area contributed by atoms with Crippen molar-refractivity contribution in [2.75, 3.05) is 6.54 Å². The minimum Gasteiger partial charge on any atom is -0.430 e. The molecule has 10 nitrogen and oxygen atoms in total. The highest BCUT2D eigenvalue weighted by molar-refractivity contribution is 5.93. The Morgan fingerprint density at radius 1 is 1.34 bits per heavy atom. The van der Waals surface area contributed by atoms with E-state index in [4.69, 9.17) is 4.42 Å². The van der Waals surface area contributed by atoms with Gasteiger partial charge < -0.3 is 14.3 Å². The van der Waals surface area contributed by atoms with Gasteiger partial charge in [0.15, 0.2) is 5.69 Å². The molecule has 0 spiro atoms. The Morgan fingerprint density at radius 2 is 2.20 bits per heavy atom. The molecular formula is C23H20F2N8O2. The van der Waals surface area contributed by atoms with Crippen molar-refractivity contribution >= 4 is 11.4 Å². The van der Waals surface area contributed by atoms with Crippen molar-refractivity contribution in [3.63, 3.8) is 0 Å². The number of imidazole rings is 1. The zero-order valence-corrected chi connectivity index (χ0v) is 18.8. The van der Waals surface area contributed by atoms with E-state index < -0.39 is 29.8 Å². The molecule has 178 valence electrons. The van der Waals surface area contributed by atoms with Crippen molar-refractivity contribution in [2.24, 2.45) is 7.05 Å². The van der Waals surface area contributed by atoms with Crippen LogP contribution < -0.4 is 0 Å². The third-order valence-electron chi connectivity index (χ3n) is 6.20. The lowest BCUT2D eigenvalue weighted by Crippen LogP contribution is -2.41. The number of fused-ring (bicyclic) bond motifs is 2. The van der Waals surface area contributed by atoms with Crippen LogP contribution in [0.1, 0.15) is 51.4 Å². The maximum atomic E-state index is 13.9. The van der Waals surface area contributed by atoms with Gasteiger partial charge in [0.1, 0.15) is 6.04 Å². The van der Waals surface area contributed by atoms with E-state index in [-0.39, 0.29) is 12.4 Å². The zero-order valence-electron chi connectivity index (χ0n) is 18.8. The van der Waals surface area contributed by atoms with E-state index in [2.05, 4.69) is 25.1 Å². The summed E-state index contributed by atoms with van der Waals surface area (Å²) in [6.45, 7) is 2.23. The van der Waals surface area contributed by atoms with Crippen LogP contribution in [0.2, 0.25) is 0 Å². The van der Waals surface area contributed by atoms with Gasteiger partial charge in [-0.1, -0.05) is 6.07 Å². The van der Waals surface area contributed by atoms with Crippen molar-refractivity contribution in [2.45, 2.75) is 25.8 Å². The molecule has 5 aromatic rings. The summed E-state index contributed by atoms with van der Waals surface area (Å²) in [4.78, 5) is 26.7. The van der Waals surface area contributed by atoms with Crippen LogP contribution in [0.15, 0.2) is 47.5 Å². The van der Waals surface area contributed by atoms with E-state index in [0.717, 1.165) is 16.8 Å². The molecule has 5 aromatic heterocycles. The summed E-state index contributed by atoms with van der Waals surface area (Å²) in [5, 5.41) is 8.70. The molecule has 0 saturated carbocycles. The molecule has 0 fully saturated rings. The standard InChI is InChI=1S/C23H20F2N8O2/c1-12-4-3-6-33-16(12)8-15(30-33)19-17-14(26-11-27-17)5-7-32(19)23(34)20-18(21(24)25)29-22(35-20)13-9-28-31(2)10-13/h3-4,6,8-11,19,21H,5,7H2,1-2H3,(H,26,27)/t19-/m1/s1. The van der Waals surface area contributed by atoms with Crippen LogP contribution in [0.5, 0.6) is 0 Å². The molecular weight excluding hydrogens is 458 g/mol. The first kappa shape index (κ1) is 21.2. The van der Waals surface area contributed by atoms with Gasteiger partial charge in [-0.3, -0.25) is 9.48 Å². The SMILES string of the molecule is Cc1cccn2nc([C@@H]3c4nc[nH]c4CCN3C(=O)c3oc(-c4cnn(C)c4)nc3C(F)F)cc12. The largest absolute Gasteiger partial charge is 0.430 e. The molecule has 1 atom stereocenters. The minimum absolute atomic E-state index is 0.0888. The van der Waals surface area contributed by atoms with Gasteiger partial charge in [-0.15, -0.1) is 0 Å². The van der Waals surface area contributed by atoms with Gasteiger partial charge >= 0.3 is 0 Å². The van der Waals surface area contributed by atoms with Crippen LogP contribution in [0.3, 0.4) is 0 Å². The smallest absolute Gasteiger partial charge is 0.292 e. The Kier molecular flexibility index (Phi) is 4.76. The topological polar surface area (TPSA) is 110 Å². The average Bonchev–Trinajstić information content (AvgIpc) is 3.62. The maximum absolute atomic E-state index is 13.9. The fourth-order valence-corrected chi connectivity index (χ4v) is 4.52. The number of aromatic nitrogens is 7. The van der Waals surface area contributed by atoms with Crippen LogP contribution in [0, 0.1) is 6.92 Å². The number of nitrogens with zero attached hydrogens (tertiary/aromatic N) is 7. The second-order valence-corrected chi connectivity index (χ2v) is 8.44. The van der Waals surface area contributed by atoms with Gasteiger partial charge in [0.05, 0.1) is 35.0 Å². The number of oxazole rings is 1. The molecule has 1 aliphatic rings. The summed E-state index contributed by atoms with van der Waals surface area (Å²) < 4.78 is 36.7. The van der Waals surface area contributed by atoms with Crippen molar-refractivity contribution in [1.82, 2.24) is 39.2 Å². The van der Waals surface area contributed by atoms with E-state index in [1.807, 2.05) is 31.3 Å². The summed E-state index contributed by atoms with van der Waals surface area (Å²) in [5.41, 5.74) is 3.65. The number of hydrogen-bond donors (Lipinski definition) is 1. The molecule has 1 aliphatic heterocycles. The summed E-state index contributed by atoms with van der Waals surface area (Å²) in [5.74, 6) is -1.28. The number of alkyl halides is 2. The number of H-pyrrole nitrogens is 1. The van der Waals surface area contributed by atoms with Crippen LogP contribution in [0.25, 0.3) is 17.0 Å². The lowest BCUT2D eigenvalue weighted by Gasteiger charge is -2.33. The second-order valence-electron chi connectivity index (χ2n) is 8.44. The van der Waals surface area contributed by atoms with E-state index in [1.54, 1.807) is 24.1 Å². The lowest BCUT2D eigenvalue weighted by atomic mass is 9.99. The monoisotopic (exact) mass is 478 g/mol. The summed E-state index contributed by atoms with van der Waals surface area (Å²) >= 11 is 0. The number of carbonyl (C=O) groups is 1. The lowest BCUT2D eigenvalue weighted by molar-refractivity contribution is 0.0640. The van der Waals surface area contributed by atoms with E-state index in [9.17, 15) is 13.6 Å². The number of nitrogens with one attached hydrogen (secondary N) is 1. The molecule has 0 radical (unpaired) electrons. The fourth-order valence-electron chi connectivity index (χ4n) is 4.52. The van der Waals surface area contributed by atoms with Crippen molar-refractivity contribution in [3.8, 4) is 11.5 Å². The number of hydrogen-bond acceptors (Lipinski definition) is 6. The number of halogens is 2. The van der Waals surface area contributed by atoms with E-state index in [1.165, 1.54) is 15.8 Å². The Labute approximate surface area is 197 Å². The first-order valence-electron chi connectivity index (χ1n) is 11.0. The first-order chi connectivity index (χ1) is 16.9. The van der Waals surface area contributed by atoms with Gasteiger partial charge in [-0.25, -0.2) is 23.3 Å². The van der Waals surface area contributed by atoms with Crippen LogP contribution in [0.4, 0.5) is 8.78 Å². The molecule has 12 heteroatoms. The summed E-state index contributed by atoms with van der Waals surface area (Å²) in [7, 11) is 1.68. The normalized spacial score (nSPS) is 15.8. The minimum atomic E-state index is -3.00. The highest BCUT2D eigenvalue weighted by atomic mass is 19.3. The van der Waals surface area contributed by atoms with Crippen molar-refractivity contribution in [3.05, 3.63) is 77.2 Å². The molecule has 0 aromatic carbocycles. The molecule has 1 N–H and O–H groups in total. The fraction of sp³-hybridized carbons (Fsp3) is 0.261. The highest BCUT2D eigenvalue weighted by Crippen LogP contribution is 2.37. The molecule has 6 rings (SSSR count). The molecule has 0 unspecified atom stereocenters. The van der Waals surface area contributed by atoms with Gasteiger partial charge in [-0.05, 0) is 24.6 Å². The summed E-state index contributed by atoms with van der Waals surface area (Å²) in [6.07, 6.45) is 3.88. The summed E-state index contributed by atoms with van der Waals surface area (Å²) in [6, 6.07) is 5.05. The third-order valence-corrected chi connectivity index (χ3v) is 6.20. The van der Waals surface area contributed by atoms with E-state index in [0.29, 0.717) is 23.4 Å². The number of carbonyl (C=O) groups excluding carboxylic acids is 1. The maximum Gasteiger partial charge on any atom is 0.292 e. The predicted octanol–water partition coefficient (Wildman–Crippen LogP) is 3.48. The van der Waals surface area contributed by atoms with Gasteiger partial charge in [-0.2, -0.15) is 10.2 Å². The van der Waals surface area contributed by atoms with Crippen LogP contribution in [-0.2, 0) is 13.5 Å².